The molecule has 2 aromatic carbocycles. The summed E-state index contributed by atoms with van der Waals surface area (Å²) >= 11 is 0. The molecule has 0 bridgehead atoms. The van der Waals surface area contributed by atoms with E-state index in [4.69, 9.17) is 28.9 Å². The molecule has 3 fully saturated rings. The zero-order valence-electron chi connectivity index (χ0n) is 35.8. The van der Waals surface area contributed by atoms with Crippen LogP contribution in [-0.2, 0) is 28.5 Å². The second-order valence-corrected chi connectivity index (χ2v) is 16.7. The SMILES string of the molecule is COC[C@H]1C[C@@H](c2ncc(-c3ccc(-c4ccc(-c5cnc([C@@H]6CC[C@H](C)N6C(=O)[C@@H](NC(=O)OC)C(C)C)[nH]5)cc4)cc3)[nH]2)N(C(=O)[C@@H](NC(=O)OC)C2CCOCC2)C1. The number of hydrogen-bond donors (Lipinski definition) is 4. The van der Waals surface area contributed by atoms with Crippen LogP contribution in [0.2, 0.25) is 0 Å². The molecule has 16 nitrogen and oxygen atoms in total. The lowest BCUT2D eigenvalue weighted by atomic mass is 9.90. The molecular weight excluding hydrogens is 781 g/mol. The highest BCUT2D eigenvalue weighted by Gasteiger charge is 2.44. The molecule has 4 aromatic rings. The molecular formula is C45H58N8O8. The predicted octanol–water partition coefficient (Wildman–Crippen LogP) is 6.25. The van der Waals surface area contributed by atoms with Crippen molar-refractivity contribution in [3.8, 4) is 33.6 Å². The maximum atomic E-state index is 14.3. The molecule has 4 N–H and O–H groups in total. The van der Waals surface area contributed by atoms with Crippen molar-refractivity contribution in [3.63, 3.8) is 0 Å². The van der Waals surface area contributed by atoms with Gasteiger partial charge in [0, 0.05) is 38.8 Å². The first-order valence-electron chi connectivity index (χ1n) is 21.2. The van der Waals surface area contributed by atoms with Gasteiger partial charge in [0.05, 0.1) is 56.7 Å². The number of hydrogen-bond acceptors (Lipinski definition) is 10. The van der Waals surface area contributed by atoms with Gasteiger partial charge in [0.25, 0.3) is 0 Å². The molecule has 5 heterocycles. The van der Waals surface area contributed by atoms with Crippen molar-refractivity contribution in [1.82, 2.24) is 40.4 Å². The van der Waals surface area contributed by atoms with Crippen molar-refractivity contribution in [1.29, 1.82) is 0 Å². The van der Waals surface area contributed by atoms with E-state index < -0.39 is 24.3 Å². The van der Waals surface area contributed by atoms with Crippen molar-refractivity contribution in [3.05, 3.63) is 72.6 Å². The number of alkyl carbamates (subject to hydrolysis) is 2. The van der Waals surface area contributed by atoms with Crippen molar-refractivity contribution >= 4 is 24.0 Å². The van der Waals surface area contributed by atoms with Crippen LogP contribution in [0.3, 0.4) is 0 Å². The van der Waals surface area contributed by atoms with Gasteiger partial charge in [0.2, 0.25) is 11.8 Å². The molecule has 0 aliphatic carbocycles. The topological polar surface area (TPSA) is 193 Å². The van der Waals surface area contributed by atoms with E-state index >= 15 is 0 Å². The molecule has 2 aromatic heterocycles. The third kappa shape index (κ3) is 9.60. The minimum Gasteiger partial charge on any atom is -0.453 e. The van der Waals surface area contributed by atoms with Crippen molar-refractivity contribution < 1.29 is 38.1 Å². The highest BCUT2D eigenvalue weighted by Crippen LogP contribution is 2.39. The second-order valence-electron chi connectivity index (χ2n) is 16.7. The number of benzene rings is 2. The number of amides is 4. The fraction of sp³-hybridized carbons (Fsp3) is 0.511. The Labute approximate surface area is 356 Å². The Morgan fingerprint density at radius 3 is 1.84 bits per heavy atom. The summed E-state index contributed by atoms with van der Waals surface area (Å²) < 4.78 is 20.7. The first-order valence-corrected chi connectivity index (χ1v) is 21.2. The zero-order chi connectivity index (χ0) is 43.2. The fourth-order valence-corrected chi connectivity index (χ4v) is 9.05. The van der Waals surface area contributed by atoms with E-state index in [9.17, 15) is 19.2 Å². The van der Waals surface area contributed by atoms with Crippen molar-refractivity contribution in [2.45, 2.75) is 83.1 Å². The van der Waals surface area contributed by atoms with Gasteiger partial charge < -0.3 is 49.3 Å². The van der Waals surface area contributed by atoms with E-state index in [1.165, 1.54) is 14.2 Å². The number of rotatable bonds is 13. The molecule has 6 atom stereocenters. The van der Waals surface area contributed by atoms with E-state index in [1.54, 1.807) is 19.5 Å². The number of imidazole rings is 2. The first-order chi connectivity index (χ1) is 29.5. The monoisotopic (exact) mass is 838 g/mol. The number of aromatic amines is 2. The molecule has 326 valence electrons. The quantitative estimate of drug-likeness (QED) is 0.120. The van der Waals surface area contributed by atoms with Gasteiger partial charge in [-0.2, -0.15) is 0 Å². The largest absolute Gasteiger partial charge is 0.453 e. The summed E-state index contributed by atoms with van der Waals surface area (Å²) in [6, 6.07) is 14.5. The van der Waals surface area contributed by atoms with Crippen molar-refractivity contribution in [2.24, 2.45) is 17.8 Å². The first kappa shape index (κ1) is 43.4. The molecule has 61 heavy (non-hydrogen) atoms. The van der Waals surface area contributed by atoms with E-state index in [2.05, 4.69) is 69.1 Å². The molecule has 3 saturated heterocycles. The van der Waals surface area contributed by atoms with Crippen LogP contribution in [0.4, 0.5) is 9.59 Å². The lowest BCUT2D eigenvalue weighted by Crippen LogP contribution is -2.53. The number of methoxy groups -OCH3 is 3. The van der Waals surface area contributed by atoms with Crippen molar-refractivity contribution in [2.75, 3.05) is 47.7 Å². The molecule has 16 heteroatoms. The Morgan fingerprint density at radius 1 is 0.754 bits per heavy atom. The summed E-state index contributed by atoms with van der Waals surface area (Å²) in [5, 5.41) is 5.54. The summed E-state index contributed by atoms with van der Waals surface area (Å²) in [7, 11) is 4.25. The number of carbonyl (C=O) groups excluding carboxylic acids is 4. The van der Waals surface area contributed by atoms with Gasteiger partial charge in [-0.25, -0.2) is 19.6 Å². The maximum Gasteiger partial charge on any atom is 0.407 e. The van der Waals surface area contributed by atoms with Crippen LogP contribution in [0, 0.1) is 17.8 Å². The number of nitrogens with zero attached hydrogens (tertiary/aromatic N) is 4. The Hall–Kier alpha value is -5.74. The summed E-state index contributed by atoms with van der Waals surface area (Å²) in [4.78, 5) is 72.6. The van der Waals surface area contributed by atoms with Crippen LogP contribution in [0.25, 0.3) is 33.6 Å². The Kier molecular flexibility index (Phi) is 13.7. The van der Waals surface area contributed by atoms with Gasteiger partial charge >= 0.3 is 12.2 Å². The Balaban J connectivity index is 1.03. The van der Waals surface area contributed by atoms with Crippen LogP contribution in [-0.4, -0.2) is 120 Å². The number of likely N-dealkylation sites (tertiary alicyclic amines) is 2. The summed E-state index contributed by atoms with van der Waals surface area (Å²) in [5.41, 5.74) is 5.69. The number of H-pyrrole nitrogens is 2. The lowest BCUT2D eigenvalue weighted by Gasteiger charge is -2.34. The minimum absolute atomic E-state index is 0.00608. The number of nitrogens with one attached hydrogen (secondary N) is 4. The van der Waals surface area contributed by atoms with Crippen LogP contribution >= 0.6 is 0 Å². The maximum absolute atomic E-state index is 14.3. The number of aromatic nitrogens is 4. The molecule has 3 aliphatic rings. The highest BCUT2D eigenvalue weighted by molar-refractivity contribution is 5.87. The average Bonchev–Trinajstić information content (AvgIpc) is 4.11. The van der Waals surface area contributed by atoms with Crippen LogP contribution in [0.15, 0.2) is 60.9 Å². The third-order valence-corrected chi connectivity index (χ3v) is 12.4. The molecule has 0 spiro atoms. The molecule has 0 saturated carbocycles. The van der Waals surface area contributed by atoms with E-state index in [-0.39, 0.29) is 47.7 Å². The lowest BCUT2D eigenvalue weighted by molar-refractivity contribution is -0.138. The third-order valence-electron chi connectivity index (χ3n) is 12.4. The number of carbonyl (C=O) groups is 4. The normalized spacial score (nSPS) is 21.6. The van der Waals surface area contributed by atoms with Gasteiger partial charge in [-0.3, -0.25) is 9.59 Å². The predicted molar refractivity (Wildman–Crippen MR) is 227 cm³/mol. The standard InChI is InChI=1S/C45H58N8O8/c1-26(2)38(50-44(56)59-5)43(55)53-27(3)7-16-36(53)40-46-22-34(48-40)31-12-8-29(9-13-31)30-10-14-32(15-11-30)35-23-47-41(49-35)37-21-28(25-58-4)24-52(37)42(54)39(51-45(57)60-6)33-17-19-61-20-18-33/h8-15,22-23,26-28,33,36-39H,7,16-21,24-25H2,1-6H3,(H,46,48)(H,47,49)(H,50,56)(H,51,57)/t27-,28-,36-,37-,38-,39-/m0/s1. The summed E-state index contributed by atoms with van der Waals surface area (Å²) in [5.74, 6) is 1.01. The summed E-state index contributed by atoms with van der Waals surface area (Å²) in [6.45, 7) is 7.90. The average molecular weight is 839 g/mol. The van der Waals surface area contributed by atoms with Gasteiger partial charge in [0.1, 0.15) is 23.7 Å². The van der Waals surface area contributed by atoms with Gasteiger partial charge in [-0.1, -0.05) is 62.4 Å². The molecule has 7 rings (SSSR count). The van der Waals surface area contributed by atoms with Gasteiger partial charge in [-0.05, 0) is 73.1 Å². The number of ether oxygens (including phenoxy) is 4. The summed E-state index contributed by atoms with van der Waals surface area (Å²) in [6.07, 6.45) is 5.94. The highest BCUT2D eigenvalue weighted by atomic mass is 16.5. The Morgan fingerprint density at radius 2 is 1.30 bits per heavy atom. The van der Waals surface area contributed by atoms with Crippen LogP contribution < -0.4 is 10.6 Å². The van der Waals surface area contributed by atoms with Gasteiger partial charge in [0.15, 0.2) is 0 Å². The van der Waals surface area contributed by atoms with Crippen LogP contribution in [0.1, 0.15) is 76.6 Å². The minimum atomic E-state index is -0.737. The molecule has 0 radical (unpaired) electrons. The van der Waals surface area contributed by atoms with E-state index in [1.807, 2.05) is 30.6 Å². The fourth-order valence-electron chi connectivity index (χ4n) is 9.05. The van der Waals surface area contributed by atoms with Gasteiger partial charge in [-0.15, -0.1) is 0 Å². The zero-order valence-corrected chi connectivity index (χ0v) is 35.8. The van der Waals surface area contributed by atoms with E-state index in [0.717, 1.165) is 46.5 Å². The smallest absolute Gasteiger partial charge is 0.407 e. The second kappa shape index (κ2) is 19.3. The molecule has 4 amide bonds. The van der Waals surface area contributed by atoms with Crippen LogP contribution in [0.5, 0.6) is 0 Å². The molecule has 3 aliphatic heterocycles. The molecule has 0 unspecified atom stereocenters. The van der Waals surface area contributed by atoms with E-state index in [0.29, 0.717) is 57.3 Å². The Bertz CT molecular complexity index is 2130.